The SMILES string of the molecule is [CH3-].[CH3-].[NH-]c1ccc2c(c1)Oc1c[c-]c(Nc3ccccc3)cc1C21OC(=O)c2ccccc21.[Y].[Y].[Y].[Y].[Y].[Y].[Y].[Y].[Y].[Y].[Y].[Y].[Y].[Y].[Y].[Y].[Y].[Y].[Y].[Y]. The largest absolute Gasteiger partial charge is 0.699 e. The molecule has 0 bridgehead atoms. The summed E-state index contributed by atoms with van der Waals surface area (Å²) in [6.45, 7) is 0. The number of carbonyl (C=O) groups is 1. The maximum atomic E-state index is 12.9. The fraction of sp³-hybridized carbons (Fsp3) is 0.0357. The molecular weight excluding hydrogens is 2190 g/mol. The summed E-state index contributed by atoms with van der Waals surface area (Å²) < 4.78 is 12.3. The fourth-order valence-corrected chi connectivity index (χ4v) is 4.37. The Hall–Kier alpha value is 17.8. The Morgan fingerprint density at radius 3 is 1.51 bits per heavy atom. The van der Waals surface area contributed by atoms with Gasteiger partial charge in [-0.1, -0.05) is 59.8 Å². The second-order valence-corrected chi connectivity index (χ2v) is 7.54. The zero-order valence-corrected chi connectivity index (χ0v) is 86.6. The van der Waals surface area contributed by atoms with Crippen molar-refractivity contribution >= 4 is 23.0 Å². The topological polar surface area (TPSA) is 71.4 Å². The van der Waals surface area contributed by atoms with Crippen molar-refractivity contribution in [2.75, 3.05) is 5.32 Å². The van der Waals surface area contributed by atoms with E-state index in [1.54, 1.807) is 30.3 Å². The molecule has 53 heavy (non-hydrogen) atoms. The van der Waals surface area contributed by atoms with Crippen molar-refractivity contribution in [3.05, 3.63) is 134 Å². The van der Waals surface area contributed by atoms with E-state index >= 15 is 0 Å². The van der Waals surface area contributed by atoms with Crippen LogP contribution < -0.4 is 10.1 Å². The monoisotopic (exact) mass is 2210 g/mol. The van der Waals surface area contributed by atoms with E-state index in [1.165, 1.54) is 0 Å². The van der Waals surface area contributed by atoms with Crippen molar-refractivity contribution in [1.82, 2.24) is 0 Å². The quantitative estimate of drug-likeness (QED) is 0.169. The molecule has 2 N–H and O–H groups in total. The maximum Gasteiger partial charge on any atom is 0.340 e. The van der Waals surface area contributed by atoms with Crippen LogP contribution in [0.2, 0.25) is 0 Å². The molecule has 2 aliphatic rings. The second kappa shape index (κ2) is 64.1. The first-order valence-electron chi connectivity index (χ1n) is 9.90. The van der Waals surface area contributed by atoms with E-state index in [0.29, 0.717) is 33.9 Å². The predicted octanol–water partition coefficient (Wildman–Crippen LogP) is 7.33. The molecule has 0 amide bonds. The van der Waals surface area contributed by atoms with E-state index in [-0.39, 0.29) is 675 Å². The van der Waals surface area contributed by atoms with E-state index in [2.05, 4.69) is 11.4 Å². The van der Waals surface area contributed by atoms with Crippen molar-refractivity contribution in [3.8, 4) is 11.5 Å². The number of hydrogen-bond donors (Lipinski definition) is 1. The molecular formula is C28H22N2O3Y20-4. The summed E-state index contributed by atoms with van der Waals surface area (Å²) in [5.74, 6) is 0.664. The number of para-hydroxylation sites is 1. The van der Waals surface area contributed by atoms with Gasteiger partial charge in [0.05, 0.1) is 5.56 Å². The second-order valence-electron chi connectivity index (χ2n) is 7.54. The number of fused-ring (bicyclic) bond motifs is 6. The Kier molecular flexibility index (Phi) is 144. The van der Waals surface area contributed by atoms with Crippen LogP contribution in [-0.2, 0) is 665 Å². The van der Waals surface area contributed by atoms with Gasteiger partial charge in [0.2, 0.25) is 0 Å². The normalized spacial score (nSPS) is 10.5. The molecule has 0 fully saturated rings. The van der Waals surface area contributed by atoms with Gasteiger partial charge in [-0.2, -0.15) is 6.07 Å². The van der Waals surface area contributed by atoms with Crippen molar-refractivity contribution < 1.29 is 668 Å². The molecule has 226 valence electrons. The molecule has 20 radical (unpaired) electrons. The maximum absolute atomic E-state index is 12.9. The number of benzene rings is 4. The van der Waals surface area contributed by atoms with Gasteiger partial charge in [0.25, 0.3) is 0 Å². The van der Waals surface area contributed by atoms with Gasteiger partial charge in [0.15, 0.2) is 5.60 Å². The van der Waals surface area contributed by atoms with E-state index in [9.17, 15) is 4.79 Å². The molecule has 0 aliphatic carbocycles. The van der Waals surface area contributed by atoms with Crippen LogP contribution in [0.25, 0.3) is 5.73 Å². The summed E-state index contributed by atoms with van der Waals surface area (Å²) in [5, 5.41) is 3.35. The van der Waals surface area contributed by atoms with Gasteiger partial charge in [0.1, 0.15) is 5.75 Å². The molecule has 2 heterocycles. The molecule has 6 rings (SSSR count). The third-order valence-electron chi connectivity index (χ3n) is 5.70. The Bertz CT molecular complexity index is 1400. The number of anilines is 2. The minimum atomic E-state index is -1.15. The van der Waals surface area contributed by atoms with Crippen molar-refractivity contribution in [3.63, 3.8) is 0 Å². The number of hydrogen-bond acceptors (Lipinski definition) is 4. The fourth-order valence-electron chi connectivity index (χ4n) is 4.37. The predicted molar refractivity (Wildman–Crippen MR) is 130 cm³/mol. The number of esters is 1. The van der Waals surface area contributed by atoms with Crippen LogP contribution in [0, 0.1) is 20.9 Å². The van der Waals surface area contributed by atoms with E-state index in [0.717, 1.165) is 16.9 Å². The van der Waals surface area contributed by atoms with Crippen molar-refractivity contribution in [2.45, 2.75) is 5.60 Å². The zero-order valence-electron chi connectivity index (χ0n) is 29.9. The molecule has 1 unspecified atom stereocenters. The van der Waals surface area contributed by atoms with E-state index in [4.69, 9.17) is 15.2 Å². The van der Waals surface area contributed by atoms with Crippen LogP contribution in [0.4, 0.5) is 17.1 Å². The van der Waals surface area contributed by atoms with E-state index < -0.39 is 5.60 Å². The first-order chi connectivity index (χ1) is 15.1. The number of nitrogens with one attached hydrogen (secondary N) is 2. The number of ether oxygens (including phenoxy) is 2. The van der Waals surface area contributed by atoms with Crippen molar-refractivity contribution in [1.29, 1.82) is 0 Å². The van der Waals surface area contributed by atoms with Gasteiger partial charge in [-0.25, -0.2) is 4.79 Å². The van der Waals surface area contributed by atoms with Crippen LogP contribution in [0.1, 0.15) is 27.0 Å². The summed E-state index contributed by atoms with van der Waals surface area (Å²) in [7, 11) is 0. The summed E-state index contributed by atoms with van der Waals surface area (Å²) in [4.78, 5) is 12.9. The molecule has 0 saturated heterocycles. The first-order valence-corrected chi connectivity index (χ1v) is 9.90. The molecule has 0 aromatic heterocycles. The molecule has 25 heteroatoms. The van der Waals surface area contributed by atoms with E-state index in [1.807, 2.05) is 54.6 Å². The standard InChI is InChI=1S/C26H16N2O3.2CH3.20Y/c27-16-10-12-21-24(14-16)30-23-13-11-18(28-17-6-2-1-3-7-17)15-22(23)26(21)20-9-5-4-8-19(20)25(29)31-26;;;;;;;;;;;;;;;;;;;;;;/h1-10,12-15,27-28H;2*1H3;;;;;;;;;;;;;;;;;;;;/q-2;2*-1;;;;;;;;;;;;;;;;;;;;. The zero-order chi connectivity index (χ0) is 21.0. The number of carbonyl (C=O) groups excluding carboxylic acids is 1. The van der Waals surface area contributed by atoms with Gasteiger partial charge in [-0.05, 0) is 24.3 Å². The minimum Gasteiger partial charge on any atom is -0.699 e. The summed E-state index contributed by atoms with van der Waals surface area (Å²) >= 11 is 0. The molecule has 5 nitrogen and oxygen atoms in total. The van der Waals surface area contributed by atoms with Crippen LogP contribution in [0.5, 0.6) is 11.5 Å². The average molecular weight is 2210 g/mol. The minimum absolute atomic E-state index is 0. The van der Waals surface area contributed by atoms with Gasteiger partial charge in [-0.15, -0.1) is 17.8 Å². The molecule has 4 aromatic carbocycles. The van der Waals surface area contributed by atoms with Gasteiger partial charge in [-0.3, -0.25) is 0 Å². The smallest absolute Gasteiger partial charge is 0.340 e. The summed E-state index contributed by atoms with van der Waals surface area (Å²) in [6.07, 6.45) is 0. The number of rotatable bonds is 2. The molecule has 2 aliphatic heterocycles. The Morgan fingerprint density at radius 1 is 0.528 bits per heavy atom. The third-order valence-corrected chi connectivity index (χ3v) is 5.70. The van der Waals surface area contributed by atoms with Gasteiger partial charge >= 0.3 is 5.97 Å². The summed E-state index contributed by atoms with van der Waals surface area (Å²) in [5.41, 5.74) is 11.6. The molecule has 4 aromatic rings. The van der Waals surface area contributed by atoms with Crippen LogP contribution in [0.3, 0.4) is 0 Å². The van der Waals surface area contributed by atoms with Crippen LogP contribution in [-0.4, -0.2) is 5.97 Å². The van der Waals surface area contributed by atoms with Crippen LogP contribution >= 0.6 is 0 Å². The molecule has 0 saturated carbocycles. The first kappa shape index (κ1) is 119. The van der Waals surface area contributed by atoms with Crippen molar-refractivity contribution in [2.24, 2.45) is 0 Å². The molecule has 1 spiro atoms. The Balaban J connectivity index is -0.0000000393. The average Bonchev–Trinajstić information content (AvgIpc) is 3.08. The summed E-state index contributed by atoms with van der Waals surface area (Å²) in [6, 6.07) is 29.2. The van der Waals surface area contributed by atoms with Crippen LogP contribution in [0.15, 0.2) is 84.9 Å². The third kappa shape index (κ3) is 33.6. The molecule has 1 atom stereocenters. The Morgan fingerprint density at radius 2 is 1.00 bits per heavy atom. The van der Waals surface area contributed by atoms with Gasteiger partial charge in [0, 0.05) is 677 Å². The van der Waals surface area contributed by atoms with Gasteiger partial charge < -0.3 is 35.4 Å². The Labute approximate surface area is 821 Å².